The van der Waals surface area contributed by atoms with Crippen LogP contribution >= 0.6 is 11.6 Å². The van der Waals surface area contributed by atoms with Crippen LogP contribution in [-0.4, -0.2) is 17.4 Å². The first kappa shape index (κ1) is 14.0. The molecule has 21 heavy (non-hydrogen) atoms. The molecule has 2 aromatic carbocycles. The van der Waals surface area contributed by atoms with Gasteiger partial charge in [0, 0.05) is 23.8 Å². The highest BCUT2D eigenvalue weighted by atomic mass is 35.5. The second-order valence-electron chi connectivity index (χ2n) is 5.32. The Bertz CT molecular complexity index is 684. The molecule has 1 aliphatic rings. The molecule has 0 spiro atoms. The Balaban J connectivity index is 1.74. The molecule has 1 heterocycles. The van der Waals surface area contributed by atoms with Crippen LogP contribution in [0.2, 0.25) is 5.02 Å². The summed E-state index contributed by atoms with van der Waals surface area (Å²) in [6.45, 7) is 1.34. The van der Waals surface area contributed by atoms with Crippen LogP contribution in [0.1, 0.15) is 16.7 Å². The number of benzene rings is 2. The molecule has 0 unspecified atom stereocenters. The lowest BCUT2D eigenvalue weighted by molar-refractivity contribution is -0.131. The Morgan fingerprint density at radius 2 is 2.00 bits per heavy atom. The third kappa shape index (κ3) is 2.88. The number of anilines is 1. The van der Waals surface area contributed by atoms with Gasteiger partial charge in [-0.1, -0.05) is 41.9 Å². The molecule has 0 atom stereocenters. The number of fused-ring (bicyclic) bond motifs is 1. The highest BCUT2D eigenvalue weighted by Crippen LogP contribution is 2.25. The Labute approximate surface area is 129 Å². The molecule has 0 saturated heterocycles. The van der Waals surface area contributed by atoms with Gasteiger partial charge in [0.15, 0.2) is 0 Å². The fraction of sp³-hybridized carbons (Fsp3) is 0.235. The van der Waals surface area contributed by atoms with Crippen molar-refractivity contribution >= 4 is 23.2 Å². The summed E-state index contributed by atoms with van der Waals surface area (Å²) in [5.41, 5.74) is 10.0. The van der Waals surface area contributed by atoms with E-state index in [-0.39, 0.29) is 5.91 Å². The Hall–Kier alpha value is -2.00. The van der Waals surface area contributed by atoms with E-state index in [1.165, 1.54) is 5.56 Å². The third-order valence-electron chi connectivity index (χ3n) is 3.95. The highest BCUT2D eigenvalue weighted by Gasteiger charge is 2.22. The minimum atomic E-state index is 0.108. The lowest BCUT2D eigenvalue weighted by atomic mass is 9.97. The number of nitrogen functional groups attached to an aromatic ring is 1. The second-order valence-corrected chi connectivity index (χ2v) is 5.73. The normalized spacial score (nSPS) is 13.9. The first-order valence-corrected chi connectivity index (χ1v) is 7.40. The first-order valence-electron chi connectivity index (χ1n) is 7.02. The van der Waals surface area contributed by atoms with Crippen molar-refractivity contribution in [1.82, 2.24) is 4.90 Å². The van der Waals surface area contributed by atoms with Crippen LogP contribution in [0.5, 0.6) is 0 Å². The maximum absolute atomic E-state index is 12.5. The molecule has 2 aromatic rings. The number of amides is 1. The van der Waals surface area contributed by atoms with E-state index in [2.05, 4.69) is 0 Å². The van der Waals surface area contributed by atoms with Gasteiger partial charge in [0.05, 0.1) is 6.42 Å². The number of carbonyl (C=O) groups is 1. The monoisotopic (exact) mass is 300 g/mol. The van der Waals surface area contributed by atoms with E-state index in [0.717, 1.165) is 23.2 Å². The summed E-state index contributed by atoms with van der Waals surface area (Å²) in [7, 11) is 0. The molecule has 3 rings (SSSR count). The molecule has 0 bridgehead atoms. The molecule has 0 aliphatic carbocycles. The smallest absolute Gasteiger partial charge is 0.227 e. The zero-order valence-corrected chi connectivity index (χ0v) is 12.4. The summed E-state index contributed by atoms with van der Waals surface area (Å²) in [4.78, 5) is 14.3. The maximum Gasteiger partial charge on any atom is 0.227 e. The molecule has 3 nitrogen and oxygen atoms in total. The summed E-state index contributed by atoms with van der Waals surface area (Å²) >= 11 is 6.12. The van der Waals surface area contributed by atoms with Gasteiger partial charge in [-0.25, -0.2) is 0 Å². The van der Waals surface area contributed by atoms with Crippen LogP contribution < -0.4 is 5.73 Å². The van der Waals surface area contributed by atoms with Crippen molar-refractivity contribution in [2.24, 2.45) is 0 Å². The van der Waals surface area contributed by atoms with E-state index in [4.69, 9.17) is 17.3 Å². The molecule has 1 amide bonds. The molecular formula is C17H17ClN2O. The molecular weight excluding hydrogens is 284 g/mol. The van der Waals surface area contributed by atoms with Gasteiger partial charge in [0.2, 0.25) is 5.91 Å². The van der Waals surface area contributed by atoms with Gasteiger partial charge >= 0.3 is 0 Å². The van der Waals surface area contributed by atoms with Crippen molar-refractivity contribution < 1.29 is 4.79 Å². The van der Waals surface area contributed by atoms with Crippen molar-refractivity contribution in [2.45, 2.75) is 19.4 Å². The van der Waals surface area contributed by atoms with Gasteiger partial charge in [0.1, 0.15) is 0 Å². The number of nitrogens with zero attached hydrogens (tertiary/aromatic N) is 1. The van der Waals surface area contributed by atoms with Crippen LogP contribution in [0.25, 0.3) is 0 Å². The minimum Gasteiger partial charge on any atom is -0.398 e. The van der Waals surface area contributed by atoms with Gasteiger partial charge in [-0.2, -0.15) is 0 Å². The molecule has 0 fully saturated rings. The summed E-state index contributed by atoms with van der Waals surface area (Å²) < 4.78 is 0. The zero-order valence-electron chi connectivity index (χ0n) is 11.7. The van der Waals surface area contributed by atoms with Crippen LogP contribution in [0, 0.1) is 0 Å². The van der Waals surface area contributed by atoms with Crippen molar-refractivity contribution in [3.63, 3.8) is 0 Å². The molecule has 4 heteroatoms. The first-order chi connectivity index (χ1) is 10.1. The Kier molecular flexibility index (Phi) is 3.84. The number of hydrogen-bond acceptors (Lipinski definition) is 2. The number of carbonyl (C=O) groups excluding carboxylic acids is 1. The standard InChI is InChI=1S/C17H17ClN2O/c18-15-6-2-1-4-12(15)10-17(21)20-9-8-14-13(11-20)5-3-7-16(14)19/h1-7H,8-11,19H2. The van der Waals surface area contributed by atoms with E-state index in [1.54, 1.807) is 0 Å². The minimum absolute atomic E-state index is 0.108. The van der Waals surface area contributed by atoms with Gasteiger partial charge in [0.25, 0.3) is 0 Å². The fourth-order valence-corrected chi connectivity index (χ4v) is 2.97. The Morgan fingerprint density at radius 1 is 1.19 bits per heavy atom. The molecule has 0 saturated carbocycles. The average molecular weight is 301 g/mol. The van der Waals surface area contributed by atoms with E-state index in [9.17, 15) is 4.79 Å². The summed E-state index contributed by atoms with van der Waals surface area (Å²) in [6.07, 6.45) is 1.16. The lowest BCUT2D eigenvalue weighted by Crippen LogP contribution is -2.37. The summed E-state index contributed by atoms with van der Waals surface area (Å²) in [6, 6.07) is 13.4. The van der Waals surface area contributed by atoms with E-state index >= 15 is 0 Å². The molecule has 1 aliphatic heterocycles. The largest absolute Gasteiger partial charge is 0.398 e. The predicted molar refractivity (Wildman–Crippen MR) is 85.1 cm³/mol. The number of nitrogens with two attached hydrogens (primary N) is 1. The quantitative estimate of drug-likeness (QED) is 0.867. The highest BCUT2D eigenvalue weighted by molar-refractivity contribution is 6.31. The van der Waals surface area contributed by atoms with Gasteiger partial charge in [-0.05, 0) is 35.2 Å². The number of hydrogen-bond donors (Lipinski definition) is 1. The van der Waals surface area contributed by atoms with Crippen LogP contribution in [0.15, 0.2) is 42.5 Å². The van der Waals surface area contributed by atoms with E-state index in [0.29, 0.717) is 24.5 Å². The van der Waals surface area contributed by atoms with Gasteiger partial charge < -0.3 is 10.6 Å². The lowest BCUT2D eigenvalue weighted by Gasteiger charge is -2.29. The molecule has 108 valence electrons. The van der Waals surface area contributed by atoms with Gasteiger partial charge in [-0.3, -0.25) is 4.79 Å². The SMILES string of the molecule is Nc1cccc2c1CCN(C(=O)Cc1ccccc1Cl)C2. The van der Waals surface area contributed by atoms with Crippen molar-refractivity contribution in [3.05, 3.63) is 64.2 Å². The van der Waals surface area contributed by atoms with Crippen LogP contribution in [0.4, 0.5) is 5.69 Å². The molecule has 0 radical (unpaired) electrons. The summed E-state index contributed by atoms with van der Waals surface area (Å²) in [5, 5.41) is 0.646. The van der Waals surface area contributed by atoms with Crippen molar-refractivity contribution in [1.29, 1.82) is 0 Å². The van der Waals surface area contributed by atoms with Crippen LogP contribution in [0.3, 0.4) is 0 Å². The van der Waals surface area contributed by atoms with Crippen molar-refractivity contribution in [2.75, 3.05) is 12.3 Å². The maximum atomic E-state index is 12.5. The van der Waals surface area contributed by atoms with Gasteiger partial charge in [-0.15, -0.1) is 0 Å². The number of halogens is 1. The van der Waals surface area contributed by atoms with Crippen LogP contribution in [-0.2, 0) is 24.2 Å². The fourth-order valence-electron chi connectivity index (χ4n) is 2.77. The van der Waals surface area contributed by atoms with E-state index in [1.807, 2.05) is 47.4 Å². The second kappa shape index (κ2) is 5.78. The zero-order chi connectivity index (χ0) is 14.8. The van der Waals surface area contributed by atoms with Crippen molar-refractivity contribution in [3.8, 4) is 0 Å². The number of rotatable bonds is 2. The Morgan fingerprint density at radius 3 is 2.81 bits per heavy atom. The topological polar surface area (TPSA) is 46.3 Å². The molecule has 2 N–H and O–H groups in total. The molecule has 0 aromatic heterocycles. The summed E-state index contributed by atoms with van der Waals surface area (Å²) in [5.74, 6) is 0.108. The third-order valence-corrected chi connectivity index (χ3v) is 4.32. The predicted octanol–water partition coefficient (Wildman–Crippen LogP) is 3.05. The van der Waals surface area contributed by atoms with E-state index < -0.39 is 0 Å². The average Bonchev–Trinajstić information content (AvgIpc) is 2.49.